The lowest BCUT2D eigenvalue weighted by molar-refractivity contribution is 0.0508. The van der Waals surface area contributed by atoms with Crippen molar-refractivity contribution < 1.29 is 0 Å². The van der Waals surface area contributed by atoms with Gasteiger partial charge in [0.1, 0.15) is 0 Å². The summed E-state index contributed by atoms with van der Waals surface area (Å²) in [4.78, 5) is 4.48. The van der Waals surface area contributed by atoms with Crippen LogP contribution in [0.1, 0.15) is 59.8 Å². The molecule has 1 nitrogen and oxygen atoms in total. The molecular weight excluding hydrogens is 238 g/mol. The maximum atomic E-state index is 4.48. The summed E-state index contributed by atoms with van der Waals surface area (Å²) in [7, 11) is 0. The second kappa shape index (κ2) is 6.98. The third kappa shape index (κ3) is 5.34. The van der Waals surface area contributed by atoms with Crippen molar-refractivity contribution in [1.82, 2.24) is 0 Å². The van der Waals surface area contributed by atoms with Crippen LogP contribution in [0.2, 0.25) is 0 Å². The van der Waals surface area contributed by atoms with Crippen molar-refractivity contribution in [3.63, 3.8) is 0 Å². The molecule has 0 amide bonds. The lowest BCUT2D eigenvalue weighted by atomic mass is 9.59. The van der Waals surface area contributed by atoms with E-state index in [0.29, 0.717) is 10.8 Å². The van der Waals surface area contributed by atoms with Crippen LogP contribution in [0.25, 0.3) is 0 Å². The van der Waals surface area contributed by atoms with Crippen LogP contribution in [0.5, 0.6) is 0 Å². The Morgan fingerprint density at radius 3 is 2.61 bits per heavy atom. The summed E-state index contributed by atoms with van der Waals surface area (Å²) in [5.41, 5.74) is 1.08. The van der Waals surface area contributed by atoms with Gasteiger partial charge < -0.3 is 0 Å². The molecule has 18 heavy (non-hydrogen) atoms. The quantitative estimate of drug-likeness (QED) is 0.485. The van der Waals surface area contributed by atoms with Crippen molar-refractivity contribution in [2.75, 3.05) is 18.6 Å². The number of nitrogens with zero attached hydrogens (tertiary/aromatic N) is 1. The first-order valence-corrected chi connectivity index (χ1v) is 8.74. The molecule has 1 aliphatic rings. The van der Waals surface area contributed by atoms with Gasteiger partial charge in [-0.2, -0.15) is 11.8 Å². The Balaban J connectivity index is 2.36. The Morgan fingerprint density at radius 1 is 1.22 bits per heavy atom. The van der Waals surface area contributed by atoms with E-state index in [9.17, 15) is 0 Å². The molecule has 0 bridgehead atoms. The fraction of sp³-hybridized carbons (Fsp3) is 0.938. The summed E-state index contributed by atoms with van der Waals surface area (Å²) < 4.78 is 0. The van der Waals surface area contributed by atoms with E-state index >= 15 is 0 Å². The van der Waals surface area contributed by atoms with E-state index in [1.807, 2.05) is 11.8 Å². The highest BCUT2D eigenvalue weighted by Gasteiger charge is 2.39. The van der Waals surface area contributed by atoms with Gasteiger partial charge in [0.05, 0.1) is 0 Å². The van der Waals surface area contributed by atoms with E-state index in [1.54, 1.807) is 0 Å². The second-order valence-electron chi connectivity index (χ2n) is 7.21. The van der Waals surface area contributed by atoms with Gasteiger partial charge in [0.25, 0.3) is 0 Å². The minimum absolute atomic E-state index is 0.530. The molecule has 0 heterocycles. The first kappa shape index (κ1) is 16.1. The molecule has 0 aliphatic heterocycles. The maximum Gasteiger partial charge on any atom is 0.0475 e. The summed E-state index contributed by atoms with van der Waals surface area (Å²) in [6, 6.07) is 0. The number of thioether (sulfide) groups is 1. The molecular formula is C16H31NS. The predicted molar refractivity (Wildman–Crippen MR) is 85.9 cm³/mol. The smallest absolute Gasteiger partial charge is 0.0475 e. The molecule has 0 aromatic heterocycles. The van der Waals surface area contributed by atoms with Crippen LogP contribution in [0, 0.1) is 16.7 Å². The van der Waals surface area contributed by atoms with E-state index in [-0.39, 0.29) is 0 Å². The van der Waals surface area contributed by atoms with Crippen LogP contribution in [-0.4, -0.2) is 24.8 Å². The largest absolute Gasteiger partial charge is 0.297 e. The normalized spacial score (nSPS) is 26.6. The van der Waals surface area contributed by atoms with E-state index in [0.717, 1.165) is 18.2 Å². The zero-order valence-corrected chi connectivity index (χ0v) is 13.8. The molecule has 0 radical (unpaired) electrons. The molecule has 1 fully saturated rings. The van der Waals surface area contributed by atoms with E-state index in [1.165, 1.54) is 32.1 Å². The summed E-state index contributed by atoms with van der Waals surface area (Å²) in [5.74, 6) is 2.02. The summed E-state index contributed by atoms with van der Waals surface area (Å²) in [6.07, 6.45) is 10.9. The Kier molecular flexibility index (Phi) is 6.23. The van der Waals surface area contributed by atoms with Gasteiger partial charge in [0.2, 0.25) is 0 Å². The van der Waals surface area contributed by atoms with Crippen LogP contribution in [-0.2, 0) is 0 Å². The molecule has 1 saturated carbocycles. The van der Waals surface area contributed by atoms with Gasteiger partial charge in [-0.1, -0.05) is 27.7 Å². The highest BCUT2D eigenvalue weighted by atomic mass is 32.2. The zero-order chi connectivity index (χ0) is 13.6. The molecule has 0 saturated heterocycles. The molecule has 0 N–H and O–H groups in total. The zero-order valence-electron chi connectivity index (χ0n) is 13.0. The predicted octanol–water partition coefficient (Wildman–Crippen LogP) is 5.05. The van der Waals surface area contributed by atoms with Crippen molar-refractivity contribution >= 4 is 18.0 Å². The third-order valence-electron chi connectivity index (χ3n) is 4.55. The average molecular weight is 269 g/mol. The second-order valence-corrected chi connectivity index (χ2v) is 8.20. The number of rotatable bonds is 6. The monoisotopic (exact) mass is 269 g/mol. The van der Waals surface area contributed by atoms with Gasteiger partial charge in [-0.05, 0) is 61.3 Å². The van der Waals surface area contributed by atoms with Crippen molar-refractivity contribution in [3.05, 3.63) is 0 Å². The molecule has 0 aromatic rings. The number of aliphatic imine (C=N–C) groups is 1. The lowest BCUT2D eigenvalue weighted by Crippen LogP contribution is -2.35. The number of hydrogen-bond acceptors (Lipinski definition) is 2. The lowest BCUT2D eigenvalue weighted by Gasteiger charge is -2.46. The topological polar surface area (TPSA) is 12.4 Å². The maximum absolute atomic E-state index is 4.48. The van der Waals surface area contributed by atoms with Crippen LogP contribution >= 0.6 is 11.8 Å². The third-order valence-corrected chi connectivity index (χ3v) is 5.14. The van der Waals surface area contributed by atoms with Crippen LogP contribution in [0.15, 0.2) is 4.99 Å². The minimum Gasteiger partial charge on any atom is -0.297 e. The van der Waals surface area contributed by atoms with Gasteiger partial charge in [-0.3, -0.25) is 4.99 Å². The van der Waals surface area contributed by atoms with Gasteiger partial charge >= 0.3 is 0 Å². The van der Waals surface area contributed by atoms with Crippen LogP contribution in [0.3, 0.4) is 0 Å². The van der Waals surface area contributed by atoms with Gasteiger partial charge in [-0.25, -0.2) is 0 Å². The van der Waals surface area contributed by atoms with E-state index < -0.39 is 0 Å². The fourth-order valence-electron chi connectivity index (χ4n) is 3.01. The van der Waals surface area contributed by atoms with Crippen molar-refractivity contribution in [3.8, 4) is 0 Å². The molecule has 1 rings (SSSR count). The first-order chi connectivity index (χ1) is 8.37. The van der Waals surface area contributed by atoms with Gasteiger partial charge in [0.15, 0.2) is 0 Å². The van der Waals surface area contributed by atoms with Crippen molar-refractivity contribution in [2.24, 2.45) is 21.7 Å². The molecule has 0 spiro atoms. The summed E-state index contributed by atoms with van der Waals surface area (Å²) in [6.45, 7) is 10.8. The van der Waals surface area contributed by atoms with Gasteiger partial charge in [0, 0.05) is 12.3 Å². The van der Waals surface area contributed by atoms with Crippen molar-refractivity contribution in [1.29, 1.82) is 0 Å². The average Bonchev–Trinajstić information content (AvgIpc) is 2.28. The molecule has 1 atom stereocenters. The van der Waals surface area contributed by atoms with Crippen LogP contribution in [0.4, 0.5) is 0 Å². The molecule has 2 heteroatoms. The van der Waals surface area contributed by atoms with Crippen molar-refractivity contribution in [2.45, 2.75) is 59.8 Å². The van der Waals surface area contributed by atoms with E-state index in [2.05, 4.69) is 45.2 Å². The standard InChI is InChI=1S/C16H31NS/c1-15(2)8-9-16(3,4)14(13-15)7-6-10-17-11-12-18-5/h10,14H,6-9,11-13H2,1-5H3. The SMILES string of the molecule is CSCCN=CCCC1CC(C)(C)CCC1(C)C. The fourth-order valence-corrected chi connectivity index (χ4v) is 3.29. The molecule has 106 valence electrons. The highest BCUT2D eigenvalue weighted by Crippen LogP contribution is 2.49. The summed E-state index contributed by atoms with van der Waals surface area (Å²) >= 11 is 1.87. The Bertz CT molecular complexity index is 268. The molecule has 0 aromatic carbocycles. The van der Waals surface area contributed by atoms with Crippen LogP contribution < -0.4 is 0 Å². The molecule has 1 aliphatic carbocycles. The Labute approximate surface area is 118 Å². The molecule has 1 unspecified atom stereocenters. The minimum atomic E-state index is 0.530. The van der Waals surface area contributed by atoms with E-state index in [4.69, 9.17) is 0 Å². The van der Waals surface area contributed by atoms with Gasteiger partial charge in [-0.15, -0.1) is 0 Å². The number of hydrogen-bond donors (Lipinski definition) is 0. The first-order valence-electron chi connectivity index (χ1n) is 7.35. The Hall–Kier alpha value is 0.0200. The highest BCUT2D eigenvalue weighted by molar-refractivity contribution is 7.98. The Morgan fingerprint density at radius 2 is 1.94 bits per heavy atom. The summed E-state index contributed by atoms with van der Waals surface area (Å²) in [5, 5.41) is 0.